The highest BCUT2D eigenvalue weighted by atomic mass is 16.5. The van der Waals surface area contributed by atoms with Crippen LogP contribution >= 0.6 is 0 Å². The normalized spacial score (nSPS) is 10.6. The van der Waals surface area contributed by atoms with Gasteiger partial charge in [0, 0.05) is 0 Å². The van der Waals surface area contributed by atoms with Gasteiger partial charge in [-0.3, -0.25) is 4.79 Å². The first kappa shape index (κ1) is 13.8. The number of para-hydroxylation sites is 1. The number of fused-ring (bicyclic) bond motifs is 1. The number of hydrogen-bond acceptors (Lipinski definition) is 5. The Morgan fingerprint density at radius 2 is 1.64 bits per heavy atom. The zero-order valence-electron chi connectivity index (χ0n) is 11.6. The molecule has 0 aliphatic carbocycles. The van der Waals surface area contributed by atoms with Crippen molar-refractivity contribution in [3.63, 3.8) is 0 Å². The lowest BCUT2D eigenvalue weighted by molar-refractivity contribution is 0.0594. The molecule has 0 bridgehead atoms. The molecule has 0 saturated carbocycles. The largest absolute Gasteiger partial charge is 0.465 e. The van der Waals surface area contributed by atoms with Crippen molar-refractivity contribution >= 4 is 22.8 Å². The Labute approximate surface area is 124 Å². The molecule has 0 fully saturated rings. The third-order valence-corrected chi connectivity index (χ3v) is 3.26. The number of aromatic nitrogens is 1. The number of hydrogen-bond donors (Lipinski definition) is 0. The van der Waals surface area contributed by atoms with Gasteiger partial charge in [0.2, 0.25) is 0 Å². The summed E-state index contributed by atoms with van der Waals surface area (Å²) in [6, 6.07) is 12.7. The third-order valence-electron chi connectivity index (χ3n) is 3.26. The van der Waals surface area contributed by atoms with Crippen molar-refractivity contribution in [3.05, 3.63) is 70.1 Å². The second-order valence-corrected chi connectivity index (χ2v) is 4.53. The van der Waals surface area contributed by atoms with Crippen LogP contribution in [0.25, 0.3) is 10.9 Å². The molecule has 6 heteroatoms. The van der Waals surface area contributed by atoms with Crippen LogP contribution in [0.1, 0.15) is 20.7 Å². The van der Waals surface area contributed by atoms with E-state index in [-0.39, 0.29) is 11.1 Å². The smallest absolute Gasteiger partial charge is 0.366 e. The second-order valence-electron chi connectivity index (χ2n) is 4.53. The van der Waals surface area contributed by atoms with Gasteiger partial charge in [0.05, 0.1) is 29.1 Å². The summed E-state index contributed by atoms with van der Waals surface area (Å²) in [7, 11) is 1.23. The van der Waals surface area contributed by atoms with E-state index in [9.17, 15) is 14.4 Å². The molecule has 0 radical (unpaired) electrons. The van der Waals surface area contributed by atoms with Crippen molar-refractivity contribution in [3.8, 4) is 0 Å². The van der Waals surface area contributed by atoms with Gasteiger partial charge in [0.25, 0.3) is 5.91 Å². The van der Waals surface area contributed by atoms with Crippen molar-refractivity contribution in [2.24, 2.45) is 0 Å². The maximum Gasteiger partial charge on any atom is 0.366 e. The molecule has 0 spiro atoms. The highest BCUT2D eigenvalue weighted by Crippen LogP contribution is 2.16. The summed E-state index contributed by atoms with van der Waals surface area (Å²) in [5, 5.41) is 0.298. The topological polar surface area (TPSA) is 78.5 Å². The summed E-state index contributed by atoms with van der Waals surface area (Å²) >= 11 is 0. The summed E-state index contributed by atoms with van der Waals surface area (Å²) in [5.74, 6) is -1.25. The van der Waals surface area contributed by atoms with Crippen LogP contribution in [0.2, 0.25) is 0 Å². The lowest BCUT2D eigenvalue weighted by Crippen LogP contribution is -2.16. The number of ether oxygens (including phenoxy) is 1. The molecular weight excluding hydrogens is 286 g/mol. The Hall–Kier alpha value is -3.15. The first-order chi connectivity index (χ1) is 10.6. The van der Waals surface area contributed by atoms with E-state index >= 15 is 0 Å². The molecule has 3 aromatic rings. The molecule has 0 amide bonds. The molecule has 0 aliphatic rings. The van der Waals surface area contributed by atoms with Crippen LogP contribution in [0.5, 0.6) is 0 Å². The summed E-state index contributed by atoms with van der Waals surface area (Å²) in [6.07, 6.45) is 0. The maximum atomic E-state index is 12.6. The van der Waals surface area contributed by atoms with E-state index in [0.29, 0.717) is 10.9 Å². The fourth-order valence-corrected chi connectivity index (χ4v) is 2.22. The first-order valence-corrected chi connectivity index (χ1v) is 6.46. The van der Waals surface area contributed by atoms with E-state index in [4.69, 9.17) is 4.52 Å². The molecule has 3 rings (SSSR count). The quantitative estimate of drug-likeness (QED) is 0.677. The van der Waals surface area contributed by atoms with Crippen LogP contribution < -0.4 is 5.63 Å². The standard InChI is InChI=1S/C16H11NO5/c1-21-15(19)11-7-3-2-6-10(11)14(18)17-13-9-5-4-8-12(13)16(20)22-17/h2-9H,1H3. The molecule has 0 N–H and O–H groups in total. The van der Waals surface area contributed by atoms with Crippen LogP contribution in [0.4, 0.5) is 0 Å². The van der Waals surface area contributed by atoms with Crippen molar-refractivity contribution in [1.29, 1.82) is 0 Å². The van der Waals surface area contributed by atoms with Gasteiger partial charge in [-0.15, -0.1) is 4.74 Å². The monoisotopic (exact) mass is 297 g/mol. The number of nitrogens with zero attached hydrogens (tertiary/aromatic N) is 1. The molecule has 0 unspecified atom stereocenters. The molecule has 1 aromatic heterocycles. The Morgan fingerprint density at radius 3 is 2.36 bits per heavy atom. The SMILES string of the molecule is COC(=O)c1ccccc1C(=O)n1oc(=O)c2ccccc21. The van der Waals surface area contributed by atoms with E-state index in [1.165, 1.54) is 19.2 Å². The Bertz CT molecular complexity index is 935. The van der Waals surface area contributed by atoms with E-state index in [0.717, 1.165) is 4.74 Å². The van der Waals surface area contributed by atoms with Gasteiger partial charge in [-0.25, -0.2) is 9.59 Å². The molecule has 110 valence electrons. The zero-order chi connectivity index (χ0) is 15.7. The Balaban J connectivity index is 2.19. The minimum absolute atomic E-state index is 0.0962. The zero-order valence-corrected chi connectivity index (χ0v) is 11.6. The number of rotatable bonds is 2. The number of methoxy groups -OCH3 is 1. The first-order valence-electron chi connectivity index (χ1n) is 6.46. The average molecular weight is 297 g/mol. The van der Waals surface area contributed by atoms with Crippen LogP contribution in [0.3, 0.4) is 0 Å². The molecule has 1 heterocycles. The minimum Gasteiger partial charge on any atom is -0.465 e. The fraction of sp³-hybridized carbons (Fsp3) is 0.0625. The van der Waals surface area contributed by atoms with E-state index in [1.54, 1.807) is 36.4 Å². The fourth-order valence-electron chi connectivity index (χ4n) is 2.22. The third kappa shape index (κ3) is 2.10. The van der Waals surface area contributed by atoms with Crippen molar-refractivity contribution in [2.75, 3.05) is 7.11 Å². The summed E-state index contributed by atoms with van der Waals surface area (Å²) in [4.78, 5) is 36.2. The molecule has 6 nitrogen and oxygen atoms in total. The minimum atomic E-state index is -0.636. The summed E-state index contributed by atoms with van der Waals surface area (Å²) < 4.78 is 10.6. The van der Waals surface area contributed by atoms with Gasteiger partial charge in [0.1, 0.15) is 0 Å². The van der Waals surface area contributed by atoms with Crippen LogP contribution in [-0.2, 0) is 4.74 Å². The van der Waals surface area contributed by atoms with Crippen LogP contribution in [0.15, 0.2) is 57.8 Å². The van der Waals surface area contributed by atoms with Gasteiger partial charge in [-0.05, 0) is 24.3 Å². The van der Waals surface area contributed by atoms with Gasteiger partial charge in [-0.1, -0.05) is 24.3 Å². The van der Waals surface area contributed by atoms with Gasteiger partial charge < -0.3 is 9.26 Å². The second kappa shape index (κ2) is 5.33. The Kier molecular flexibility index (Phi) is 3.34. The van der Waals surface area contributed by atoms with Crippen molar-refractivity contribution < 1.29 is 18.8 Å². The molecule has 0 saturated heterocycles. The number of benzene rings is 2. The summed E-state index contributed by atoms with van der Waals surface area (Å²) in [5.41, 5.74) is -0.0639. The van der Waals surface area contributed by atoms with Crippen LogP contribution in [-0.4, -0.2) is 23.7 Å². The number of carbonyl (C=O) groups excluding carboxylic acids is 2. The summed E-state index contributed by atoms with van der Waals surface area (Å²) in [6.45, 7) is 0. The van der Waals surface area contributed by atoms with E-state index < -0.39 is 17.5 Å². The molecule has 0 aliphatic heterocycles. The molecular formula is C16H11NO5. The van der Waals surface area contributed by atoms with Crippen LogP contribution in [0, 0.1) is 0 Å². The molecule has 2 aromatic carbocycles. The lowest BCUT2D eigenvalue weighted by Gasteiger charge is -2.06. The predicted octanol–water partition coefficient (Wildman–Crippen LogP) is 2.07. The van der Waals surface area contributed by atoms with Crippen molar-refractivity contribution in [1.82, 2.24) is 4.74 Å². The lowest BCUT2D eigenvalue weighted by atomic mass is 10.1. The highest BCUT2D eigenvalue weighted by molar-refractivity contribution is 6.07. The van der Waals surface area contributed by atoms with Gasteiger partial charge >= 0.3 is 11.6 Å². The van der Waals surface area contributed by atoms with E-state index in [1.807, 2.05) is 0 Å². The average Bonchev–Trinajstić information content (AvgIpc) is 2.91. The predicted molar refractivity (Wildman–Crippen MR) is 78.0 cm³/mol. The Morgan fingerprint density at radius 1 is 1.00 bits per heavy atom. The van der Waals surface area contributed by atoms with Gasteiger partial charge in [0.15, 0.2) is 0 Å². The number of carbonyl (C=O) groups is 2. The van der Waals surface area contributed by atoms with Gasteiger partial charge in [-0.2, -0.15) is 0 Å². The van der Waals surface area contributed by atoms with E-state index in [2.05, 4.69) is 4.74 Å². The maximum absolute atomic E-state index is 12.6. The number of esters is 1. The highest BCUT2D eigenvalue weighted by Gasteiger charge is 2.22. The molecule has 22 heavy (non-hydrogen) atoms. The van der Waals surface area contributed by atoms with Crippen molar-refractivity contribution in [2.45, 2.75) is 0 Å². The molecule has 0 atom stereocenters.